The van der Waals surface area contributed by atoms with Crippen molar-refractivity contribution in [2.45, 2.75) is 17.0 Å². The van der Waals surface area contributed by atoms with Crippen LogP contribution < -0.4 is 0 Å². The Morgan fingerprint density at radius 2 is 2.26 bits per heavy atom. The van der Waals surface area contributed by atoms with E-state index in [4.69, 9.17) is 10.4 Å². The maximum atomic E-state index is 11.1. The third-order valence-corrected chi connectivity index (χ3v) is 3.20. The van der Waals surface area contributed by atoms with Gasteiger partial charge in [-0.05, 0) is 43.0 Å². The SMILES string of the molecule is Cc1cc(C#N)cc(Sc2ncccc2C(=O)O)n1. The van der Waals surface area contributed by atoms with Gasteiger partial charge in [-0.2, -0.15) is 5.26 Å². The Morgan fingerprint density at radius 3 is 2.95 bits per heavy atom. The molecule has 0 aliphatic carbocycles. The van der Waals surface area contributed by atoms with Crippen LogP contribution in [0.4, 0.5) is 0 Å². The summed E-state index contributed by atoms with van der Waals surface area (Å²) in [6.07, 6.45) is 1.52. The van der Waals surface area contributed by atoms with Crippen LogP contribution in [0.3, 0.4) is 0 Å². The Hall–Kier alpha value is -2.39. The number of hydrogen-bond donors (Lipinski definition) is 1. The van der Waals surface area contributed by atoms with E-state index in [9.17, 15) is 4.79 Å². The molecule has 0 fully saturated rings. The van der Waals surface area contributed by atoms with Gasteiger partial charge < -0.3 is 5.11 Å². The number of pyridine rings is 2. The molecule has 0 saturated heterocycles. The van der Waals surface area contributed by atoms with Crippen molar-refractivity contribution in [1.82, 2.24) is 9.97 Å². The average Bonchev–Trinajstić information content (AvgIpc) is 2.38. The summed E-state index contributed by atoms with van der Waals surface area (Å²) in [7, 11) is 0. The van der Waals surface area contributed by atoms with E-state index in [2.05, 4.69) is 9.97 Å². The Bertz CT molecular complexity index is 680. The van der Waals surface area contributed by atoms with Crippen molar-refractivity contribution >= 4 is 17.7 Å². The highest BCUT2D eigenvalue weighted by atomic mass is 32.2. The summed E-state index contributed by atoms with van der Waals surface area (Å²) in [5.41, 5.74) is 1.31. The molecular formula is C13H9N3O2S. The normalized spacial score (nSPS) is 9.89. The van der Waals surface area contributed by atoms with Crippen LogP contribution in [-0.4, -0.2) is 21.0 Å². The van der Waals surface area contributed by atoms with Gasteiger partial charge in [-0.3, -0.25) is 0 Å². The van der Waals surface area contributed by atoms with E-state index in [1.54, 1.807) is 25.1 Å². The fourth-order valence-electron chi connectivity index (χ4n) is 1.49. The van der Waals surface area contributed by atoms with Crippen LogP contribution in [0.5, 0.6) is 0 Å². The van der Waals surface area contributed by atoms with Gasteiger partial charge in [0.25, 0.3) is 0 Å². The molecule has 2 heterocycles. The van der Waals surface area contributed by atoms with E-state index in [1.165, 1.54) is 12.3 Å². The number of carboxylic acids is 1. The number of carboxylic acid groups (broad SMARTS) is 1. The van der Waals surface area contributed by atoms with Crippen molar-refractivity contribution in [2.24, 2.45) is 0 Å². The third-order valence-electron chi connectivity index (χ3n) is 2.26. The Morgan fingerprint density at radius 1 is 1.47 bits per heavy atom. The van der Waals surface area contributed by atoms with Crippen LogP contribution in [0.25, 0.3) is 0 Å². The minimum absolute atomic E-state index is 0.120. The van der Waals surface area contributed by atoms with Gasteiger partial charge in [0.05, 0.1) is 17.2 Å². The van der Waals surface area contributed by atoms with Crippen LogP contribution in [-0.2, 0) is 0 Å². The Kier molecular flexibility index (Phi) is 3.78. The lowest BCUT2D eigenvalue weighted by Crippen LogP contribution is -2.00. The number of nitrogens with zero attached hydrogens (tertiary/aromatic N) is 3. The number of aromatic carboxylic acids is 1. The van der Waals surface area contributed by atoms with Crippen LogP contribution in [0, 0.1) is 18.3 Å². The summed E-state index contributed by atoms with van der Waals surface area (Å²) < 4.78 is 0. The molecule has 0 aliphatic heterocycles. The first-order chi connectivity index (χ1) is 9.10. The van der Waals surface area contributed by atoms with Gasteiger partial charge in [-0.25, -0.2) is 14.8 Å². The van der Waals surface area contributed by atoms with Gasteiger partial charge in [0, 0.05) is 11.9 Å². The molecule has 0 radical (unpaired) electrons. The van der Waals surface area contributed by atoms with Crippen LogP contribution in [0.2, 0.25) is 0 Å². The predicted octanol–water partition coefficient (Wildman–Crippen LogP) is 2.51. The first-order valence-corrected chi connectivity index (χ1v) is 6.17. The van der Waals surface area contributed by atoms with Crippen molar-refractivity contribution in [1.29, 1.82) is 5.26 Å². The summed E-state index contributed by atoms with van der Waals surface area (Å²) in [5, 5.41) is 18.9. The molecule has 19 heavy (non-hydrogen) atoms. The first-order valence-electron chi connectivity index (χ1n) is 5.35. The monoisotopic (exact) mass is 271 g/mol. The average molecular weight is 271 g/mol. The maximum absolute atomic E-state index is 11.1. The summed E-state index contributed by atoms with van der Waals surface area (Å²) in [4.78, 5) is 19.4. The summed E-state index contributed by atoms with van der Waals surface area (Å²) >= 11 is 1.13. The van der Waals surface area contributed by atoms with E-state index in [0.717, 1.165) is 11.8 Å². The molecule has 0 unspecified atom stereocenters. The maximum Gasteiger partial charge on any atom is 0.338 e. The van der Waals surface area contributed by atoms with E-state index >= 15 is 0 Å². The molecule has 2 aromatic rings. The highest BCUT2D eigenvalue weighted by Crippen LogP contribution is 2.28. The second-order valence-electron chi connectivity index (χ2n) is 3.71. The highest BCUT2D eigenvalue weighted by Gasteiger charge is 2.13. The molecule has 0 spiro atoms. The summed E-state index contributed by atoms with van der Waals surface area (Å²) in [5.74, 6) is -1.04. The van der Waals surface area contributed by atoms with Gasteiger partial charge in [-0.15, -0.1) is 0 Å². The van der Waals surface area contributed by atoms with Gasteiger partial charge in [-0.1, -0.05) is 0 Å². The third kappa shape index (κ3) is 3.09. The van der Waals surface area contributed by atoms with Crippen LogP contribution in [0.1, 0.15) is 21.6 Å². The topological polar surface area (TPSA) is 86.9 Å². The Balaban J connectivity index is 2.39. The number of aryl methyl sites for hydroxylation is 1. The van der Waals surface area contributed by atoms with Crippen molar-refractivity contribution in [2.75, 3.05) is 0 Å². The molecule has 0 bridgehead atoms. The summed E-state index contributed by atoms with van der Waals surface area (Å²) in [6.45, 7) is 1.78. The molecule has 0 aromatic carbocycles. The number of nitriles is 1. The molecular weight excluding hydrogens is 262 g/mol. The molecule has 0 amide bonds. The Labute approximate surface area is 113 Å². The summed E-state index contributed by atoms with van der Waals surface area (Å²) in [6, 6.07) is 8.37. The molecule has 0 saturated carbocycles. The first kappa shape index (κ1) is 13.1. The molecule has 0 aliphatic rings. The number of rotatable bonds is 3. The van der Waals surface area contributed by atoms with Crippen LogP contribution in [0.15, 0.2) is 40.5 Å². The molecule has 5 nitrogen and oxygen atoms in total. The van der Waals surface area contributed by atoms with Gasteiger partial charge in [0.2, 0.25) is 0 Å². The van der Waals surface area contributed by atoms with Crippen molar-refractivity contribution in [3.05, 3.63) is 47.3 Å². The predicted molar refractivity (Wildman–Crippen MR) is 69.0 cm³/mol. The van der Waals surface area contributed by atoms with Gasteiger partial charge in [0.15, 0.2) is 0 Å². The lowest BCUT2D eigenvalue weighted by atomic mass is 10.2. The molecule has 1 N–H and O–H groups in total. The van der Waals surface area contributed by atoms with Crippen molar-refractivity contribution < 1.29 is 9.90 Å². The molecule has 94 valence electrons. The zero-order chi connectivity index (χ0) is 13.8. The lowest BCUT2D eigenvalue weighted by molar-refractivity contribution is 0.0692. The molecule has 6 heteroatoms. The standard InChI is InChI=1S/C13H9N3O2S/c1-8-5-9(7-14)6-11(16-8)19-12-10(13(17)18)3-2-4-15-12/h2-6H,1H3,(H,17,18). The van der Waals surface area contributed by atoms with E-state index < -0.39 is 5.97 Å². The second-order valence-corrected chi connectivity index (χ2v) is 4.72. The number of carbonyl (C=O) groups is 1. The fourth-order valence-corrected chi connectivity index (χ4v) is 2.44. The highest BCUT2D eigenvalue weighted by molar-refractivity contribution is 7.99. The van der Waals surface area contributed by atoms with E-state index in [1.807, 2.05) is 6.07 Å². The largest absolute Gasteiger partial charge is 0.478 e. The zero-order valence-electron chi connectivity index (χ0n) is 9.99. The van der Waals surface area contributed by atoms with Crippen molar-refractivity contribution in [3.63, 3.8) is 0 Å². The molecule has 2 rings (SSSR count). The van der Waals surface area contributed by atoms with E-state index in [0.29, 0.717) is 21.3 Å². The quantitative estimate of drug-likeness (QED) is 0.922. The van der Waals surface area contributed by atoms with E-state index in [-0.39, 0.29) is 5.56 Å². The zero-order valence-corrected chi connectivity index (χ0v) is 10.8. The fraction of sp³-hybridized carbons (Fsp3) is 0.0769. The smallest absolute Gasteiger partial charge is 0.338 e. The second kappa shape index (κ2) is 5.50. The van der Waals surface area contributed by atoms with Gasteiger partial charge in [0.1, 0.15) is 10.1 Å². The van der Waals surface area contributed by atoms with Gasteiger partial charge >= 0.3 is 5.97 Å². The minimum atomic E-state index is -1.04. The molecule has 2 aromatic heterocycles. The lowest BCUT2D eigenvalue weighted by Gasteiger charge is -2.04. The van der Waals surface area contributed by atoms with Crippen molar-refractivity contribution in [3.8, 4) is 6.07 Å². The van der Waals surface area contributed by atoms with Crippen LogP contribution >= 0.6 is 11.8 Å². The number of aromatic nitrogens is 2. The molecule has 0 atom stereocenters. The number of hydrogen-bond acceptors (Lipinski definition) is 5. The minimum Gasteiger partial charge on any atom is -0.478 e.